The summed E-state index contributed by atoms with van der Waals surface area (Å²) in [5, 5.41) is 0. The molecule has 0 atom stereocenters. The molecule has 0 aromatic carbocycles. The third-order valence-corrected chi connectivity index (χ3v) is 3.58. The van der Waals surface area contributed by atoms with Gasteiger partial charge in [0.2, 0.25) is 5.91 Å². The second-order valence-electron chi connectivity index (χ2n) is 4.98. The molecule has 4 heteroatoms. The highest BCUT2D eigenvalue weighted by Crippen LogP contribution is 2.32. The highest BCUT2D eigenvalue weighted by Gasteiger charge is 2.37. The Labute approximate surface area is 102 Å². The van der Waals surface area contributed by atoms with Crippen LogP contribution >= 0.6 is 0 Å². The fraction of sp³-hybridized carbons (Fsp3) is 0.846. The summed E-state index contributed by atoms with van der Waals surface area (Å²) in [6, 6.07) is 0.299. The van der Waals surface area contributed by atoms with Crippen LogP contribution in [0.3, 0.4) is 0 Å². The second-order valence-corrected chi connectivity index (χ2v) is 4.98. The monoisotopic (exact) mass is 239 g/mol. The molecule has 1 amide bonds. The molecule has 0 spiro atoms. The van der Waals surface area contributed by atoms with Crippen molar-refractivity contribution >= 4 is 11.9 Å². The fourth-order valence-electron chi connectivity index (χ4n) is 2.53. The molecule has 96 valence electrons. The Kier molecular flexibility index (Phi) is 4.02. The van der Waals surface area contributed by atoms with Gasteiger partial charge in [0.15, 0.2) is 0 Å². The summed E-state index contributed by atoms with van der Waals surface area (Å²) in [6.07, 6.45) is 6.36. The van der Waals surface area contributed by atoms with Crippen LogP contribution in [0, 0.1) is 5.92 Å². The zero-order chi connectivity index (χ0) is 12.3. The highest BCUT2D eigenvalue weighted by molar-refractivity contribution is 5.84. The van der Waals surface area contributed by atoms with Gasteiger partial charge in [0.1, 0.15) is 6.54 Å². The van der Waals surface area contributed by atoms with Crippen molar-refractivity contribution in [2.24, 2.45) is 5.92 Å². The van der Waals surface area contributed by atoms with Crippen LogP contribution in [0.25, 0.3) is 0 Å². The van der Waals surface area contributed by atoms with Crippen LogP contribution in [0.1, 0.15) is 45.4 Å². The van der Waals surface area contributed by atoms with Crippen LogP contribution < -0.4 is 0 Å². The van der Waals surface area contributed by atoms with E-state index in [2.05, 4.69) is 0 Å². The maximum atomic E-state index is 12.3. The standard InChI is InChI=1S/C13H21NO3/c1-2-17-12(15)9-14(11-7-8-11)13(16)10-5-3-4-6-10/h10-11H,2-9H2,1H3. The summed E-state index contributed by atoms with van der Waals surface area (Å²) in [7, 11) is 0. The molecule has 0 aliphatic heterocycles. The molecule has 2 rings (SSSR count). The zero-order valence-electron chi connectivity index (χ0n) is 10.5. The van der Waals surface area contributed by atoms with Crippen molar-refractivity contribution in [3.05, 3.63) is 0 Å². The summed E-state index contributed by atoms with van der Waals surface area (Å²) in [5.41, 5.74) is 0. The van der Waals surface area contributed by atoms with Crippen molar-refractivity contribution in [3.63, 3.8) is 0 Å². The number of carbonyl (C=O) groups excluding carboxylic acids is 2. The molecule has 2 saturated carbocycles. The average molecular weight is 239 g/mol. The molecule has 0 saturated heterocycles. The van der Waals surface area contributed by atoms with Gasteiger partial charge in [-0.1, -0.05) is 12.8 Å². The summed E-state index contributed by atoms with van der Waals surface area (Å²) < 4.78 is 4.93. The molecule has 0 heterocycles. The number of nitrogens with zero attached hydrogens (tertiary/aromatic N) is 1. The molecule has 0 bridgehead atoms. The summed E-state index contributed by atoms with van der Waals surface area (Å²) >= 11 is 0. The maximum absolute atomic E-state index is 12.3. The molecular formula is C13H21NO3. The summed E-state index contributed by atoms with van der Waals surface area (Å²) in [5.74, 6) is 0.0637. The quantitative estimate of drug-likeness (QED) is 0.686. The Morgan fingerprint density at radius 1 is 1.18 bits per heavy atom. The van der Waals surface area contributed by atoms with E-state index in [4.69, 9.17) is 4.74 Å². The van der Waals surface area contributed by atoms with E-state index in [0.717, 1.165) is 38.5 Å². The van der Waals surface area contributed by atoms with Crippen LogP contribution in [0.15, 0.2) is 0 Å². The Bertz CT molecular complexity index is 293. The van der Waals surface area contributed by atoms with Crippen molar-refractivity contribution in [2.45, 2.75) is 51.5 Å². The second kappa shape index (κ2) is 5.52. The first-order chi connectivity index (χ1) is 8.22. The number of hydrogen-bond donors (Lipinski definition) is 0. The first-order valence-electron chi connectivity index (χ1n) is 6.68. The number of hydrogen-bond acceptors (Lipinski definition) is 3. The molecule has 0 unspecified atom stereocenters. The topological polar surface area (TPSA) is 46.6 Å². The maximum Gasteiger partial charge on any atom is 0.325 e. The molecule has 17 heavy (non-hydrogen) atoms. The molecule has 0 radical (unpaired) electrons. The Hall–Kier alpha value is -1.06. The van der Waals surface area contributed by atoms with E-state index < -0.39 is 0 Å². The van der Waals surface area contributed by atoms with Gasteiger partial charge in [-0.3, -0.25) is 9.59 Å². The van der Waals surface area contributed by atoms with Crippen molar-refractivity contribution < 1.29 is 14.3 Å². The molecule has 2 fully saturated rings. The van der Waals surface area contributed by atoms with E-state index in [0.29, 0.717) is 12.6 Å². The van der Waals surface area contributed by atoms with Gasteiger partial charge in [-0.2, -0.15) is 0 Å². The molecule has 0 aromatic rings. The molecule has 0 aromatic heterocycles. The average Bonchev–Trinajstić information content (AvgIpc) is 3.00. The predicted octanol–water partition coefficient (Wildman–Crippen LogP) is 1.73. The third kappa shape index (κ3) is 3.20. The summed E-state index contributed by atoms with van der Waals surface area (Å²) in [4.78, 5) is 25.5. The van der Waals surface area contributed by atoms with Crippen LogP contribution in [-0.4, -0.2) is 36.0 Å². The van der Waals surface area contributed by atoms with Crippen LogP contribution in [-0.2, 0) is 14.3 Å². The number of esters is 1. The highest BCUT2D eigenvalue weighted by atomic mass is 16.5. The van der Waals surface area contributed by atoms with Gasteiger partial charge >= 0.3 is 5.97 Å². The van der Waals surface area contributed by atoms with Crippen molar-refractivity contribution in [1.82, 2.24) is 4.90 Å². The third-order valence-electron chi connectivity index (χ3n) is 3.58. The van der Waals surface area contributed by atoms with Gasteiger partial charge < -0.3 is 9.64 Å². The minimum Gasteiger partial charge on any atom is -0.465 e. The van der Waals surface area contributed by atoms with Crippen LogP contribution in [0.4, 0.5) is 0 Å². The molecule has 2 aliphatic rings. The lowest BCUT2D eigenvalue weighted by Gasteiger charge is -2.24. The minimum atomic E-state index is -0.272. The number of ether oxygens (including phenoxy) is 1. The van der Waals surface area contributed by atoms with E-state index in [1.165, 1.54) is 0 Å². The van der Waals surface area contributed by atoms with E-state index >= 15 is 0 Å². The van der Waals surface area contributed by atoms with Crippen molar-refractivity contribution in [1.29, 1.82) is 0 Å². The first kappa shape index (κ1) is 12.4. The lowest BCUT2D eigenvalue weighted by Crippen LogP contribution is -2.41. The Morgan fingerprint density at radius 3 is 2.35 bits per heavy atom. The van der Waals surface area contributed by atoms with E-state index in [1.807, 2.05) is 0 Å². The van der Waals surface area contributed by atoms with Crippen LogP contribution in [0.5, 0.6) is 0 Å². The minimum absolute atomic E-state index is 0.147. The molecule has 0 N–H and O–H groups in total. The Morgan fingerprint density at radius 2 is 1.82 bits per heavy atom. The lowest BCUT2D eigenvalue weighted by molar-refractivity contribution is -0.150. The number of amides is 1. The smallest absolute Gasteiger partial charge is 0.325 e. The van der Waals surface area contributed by atoms with Gasteiger partial charge in [0, 0.05) is 12.0 Å². The fourth-order valence-corrected chi connectivity index (χ4v) is 2.53. The molecule has 2 aliphatic carbocycles. The number of rotatable bonds is 5. The van der Waals surface area contributed by atoms with Gasteiger partial charge in [0.05, 0.1) is 6.61 Å². The van der Waals surface area contributed by atoms with E-state index in [-0.39, 0.29) is 24.3 Å². The van der Waals surface area contributed by atoms with Gasteiger partial charge in [0.25, 0.3) is 0 Å². The normalized spacial score (nSPS) is 20.3. The zero-order valence-corrected chi connectivity index (χ0v) is 10.5. The lowest BCUT2D eigenvalue weighted by atomic mass is 10.1. The first-order valence-corrected chi connectivity index (χ1v) is 6.68. The van der Waals surface area contributed by atoms with Gasteiger partial charge in [-0.05, 0) is 32.6 Å². The van der Waals surface area contributed by atoms with Crippen molar-refractivity contribution in [2.75, 3.05) is 13.2 Å². The van der Waals surface area contributed by atoms with E-state index in [1.54, 1.807) is 11.8 Å². The van der Waals surface area contributed by atoms with E-state index in [9.17, 15) is 9.59 Å². The van der Waals surface area contributed by atoms with Crippen LogP contribution in [0.2, 0.25) is 0 Å². The Balaban J connectivity index is 1.91. The molecule has 4 nitrogen and oxygen atoms in total. The molecular weight excluding hydrogens is 218 g/mol. The van der Waals surface area contributed by atoms with Gasteiger partial charge in [-0.15, -0.1) is 0 Å². The van der Waals surface area contributed by atoms with Gasteiger partial charge in [-0.25, -0.2) is 0 Å². The van der Waals surface area contributed by atoms with Crippen molar-refractivity contribution in [3.8, 4) is 0 Å². The summed E-state index contributed by atoms with van der Waals surface area (Å²) in [6.45, 7) is 2.32. The SMILES string of the molecule is CCOC(=O)CN(C(=O)C1CCCC1)C1CC1. The number of carbonyl (C=O) groups is 2. The predicted molar refractivity (Wildman–Crippen MR) is 63.3 cm³/mol. The largest absolute Gasteiger partial charge is 0.465 e.